The van der Waals surface area contributed by atoms with Crippen LogP contribution in [0.4, 0.5) is 13.2 Å². The number of ketones is 1. The first kappa shape index (κ1) is 25.3. The van der Waals surface area contributed by atoms with Gasteiger partial charge in [0.05, 0.1) is 11.1 Å². The molecule has 9 heteroatoms. The van der Waals surface area contributed by atoms with Gasteiger partial charge in [0, 0.05) is 60.0 Å². The van der Waals surface area contributed by atoms with Crippen LogP contribution in [0.1, 0.15) is 66.1 Å². The third-order valence-electron chi connectivity index (χ3n) is 6.23. The van der Waals surface area contributed by atoms with E-state index in [1.165, 1.54) is 19.1 Å². The van der Waals surface area contributed by atoms with Gasteiger partial charge in [0.25, 0.3) is 5.91 Å². The van der Waals surface area contributed by atoms with Crippen molar-refractivity contribution in [1.82, 2.24) is 9.47 Å². The maximum atomic E-state index is 13.0. The zero-order valence-corrected chi connectivity index (χ0v) is 19.7. The average molecular weight is 475 g/mol. The molecule has 1 amide bonds. The molecule has 1 aliphatic heterocycles. The van der Waals surface area contributed by atoms with Crippen molar-refractivity contribution in [3.05, 3.63) is 69.7 Å². The van der Waals surface area contributed by atoms with Gasteiger partial charge in [-0.3, -0.25) is 9.59 Å². The highest BCUT2D eigenvalue weighted by Gasteiger charge is 2.41. The lowest BCUT2D eigenvalue weighted by molar-refractivity contribution is -0.137. The Balaban J connectivity index is 2.14. The van der Waals surface area contributed by atoms with Crippen molar-refractivity contribution >= 4 is 17.9 Å². The van der Waals surface area contributed by atoms with Crippen molar-refractivity contribution in [2.24, 2.45) is 5.73 Å². The molecular weight excluding hydrogens is 445 g/mol. The summed E-state index contributed by atoms with van der Waals surface area (Å²) in [5, 5.41) is 7.46. The number of fused-ring (bicyclic) bond motifs is 1. The Morgan fingerprint density at radius 2 is 1.82 bits per heavy atom. The Morgan fingerprint density at radius 3 is 2.29 bits per heavy atom. The predicted octanol–water partition coefficient (Wildman–Crippen LogP) is 4.43. The summed E-state index contributed by atoms with van der Waals surface area (Å²) in [6.07, 6.45) is -1.87. The number of nitrogens with zero attached hydrogens (tertiary/aromatic N) is 2. The number of carbonyl (C=O) groups is 2. The van der Waals surface area contributed by atoms with E-state index in [9.17, 15) is 22.8 Å². The van der Waals surface area contributed by atoms with Crippen molar-refractivity contribution < 1.29 is 22.8 Å². The minimum absolute atomic E-state index is 0.0588. The molecular formula is C25H29F3N4O2. The second kappa shape index (κ2) is 9.12. The normalized spacial score (nSPS) is 15.7. The number of rotatable bonds is 6. The number of hydrogen-bond donors (Lipinski definition) is 2. The van der Waals surface area contributed by atoms with E-state index in [-0.39, 0.29) is 23.8 Å². The lowest BCUT2D eigenvalue weighted by Crippen LogP contribution is -2.46. The quantitative estimate of drug-likeness (QED) is 0.369. The smallest absolute Gasteiger partial charge is 0.404 e. The fourth-order valence-electron chi connectivity index (χ4n) is 4.90. The van der Waals surface area contributed by atoms with Crippen LogP contribution in [0, 0.1) is 5.41 Å². The molecule has 0 spiro atoms. The number of halogens is 3. The number of Topliss-reactive ketones (excluding diaryl/α,β-unsaturated/α-hetero) is 1. The summed E-state index contributed by atoms with van der Waals surface area (Å²) >= 11 is 0. The molecule has 3 N–H and O–H groups in total. The molecule has 2 heterocycles. The molecule has 0 aliphatic carbocycles. The number of amides is 1. The summed E-state index contributed by atoms with van der Waals surface area (Å²) < 4.78 is 41.0. The topological polar surface area (TPSA) is 92.2 Å². The fourth-order valence-corrected chi connectivity index (χ4v) is 4.90. The van der Waals surface area contributed by atoms with Crippen LogP contribution in [-0.4, -0.2) is 33.9 Å². The number of nitrogens with two attached hydrogens (primary N) is 1. The third-order valence-corrected chi connectivity index (χ3v) is 6.23. The lowest BCUT2D eigenvalue weighted by Gasteiger charge is -2.40. The molecule has 1 aliphatic rings. The summed E-state index contributed by atoms with van der Waals surface area (Å²) in [6.45, 7) is 8.17. The molecule has 2 aromatic rings. The van der Waals surface area contributed by atoms with Gasteiger partial charge in [-0.15, -0.1) is 0 Å². The first-order valence-electron chi connectivity index (χ1n) is 11.0. The highest BCUT2D eigenvalue weighted by molar-refractivity contribution is 6.11. The molecule has 6 nitrogen and oxygen atoms in total. The van der Waals surface area contributed by atoms with Crippen molar-refractivity contribution in [3.63, 3.8) is 0 Å². The van der Waals surface area contributed by atoms with Crippen molar-refractivity contribution in [3.8, 4) is 0 Å². The van der Waals surface area contributed by atoms with E-state index in [2.05, 4.69) is 0 Å². The minimum Gasteiger partial charge on any atom is -0.404 e. The van der Waals surface area contributed by atoms with Crippen LogP contribution in [-0.2, 0) is 35.9 Å². The average Bonchev–Trinajstić information content (AvgIpc) is 3.08. The van der Waals surface area contributed by atoms with E-state index in [1.807, 2.05) is 25.3 Å². The summed E-state index contributed by atoms with van der Waals surface area (Å²) in [5.74, 6) is -0.523. The maximum Gasteiger partial charge on any atom is 0.416 e. The molecule has 1 aromatic carbocycles. The zero-order valence-electron chi connectivity index (χ0n) is 19.7. The summed E-state index contributed by atoms with van der Waals surface area (Å²) in [6, 6.07) is 5.03. The molecule has 182 valence electrons. The standard InChI is InChI=1S/C25H29F3N4O2/c1-5-20-21(15(2)33)19-13-31(23(34)17(10-29)11-30)14-24(3,4)22(19)32(20)12-16-6-8-18(9-7-16)25(26,27)28/h6-11,29H,5,12-14,30H2,1-4H3/b17-11+,29-10?. The predicted molar refractivity (Wildman–Crippen MR) is 124 cm³/mol. The third kappa shape index (κ3) is 4.51. The largest absolute Gasteiger partial charge is 0.416 e. The van der Waals surface area contributed by atoms with E-state index in [0.717, 1.165) is 41.5 Å². The highest BCUT2D eigenvalue weighted by Crippen LogP contribution is 2.40. The lowest BCUT2D eigenvalue weighted by atomic mass is 9.81. The van der Waals surface area contributed by atoms with Gasteiger partial charge in [0.2, 0.25) is 0 Å². The summed E-state index contributed by atoms with van der Waals surface area (Å²) in [4.78, 5) is 27.3. The van der Waals surface area contributed by atoms with Crippen LogP contribution < -0.4 is 5.73 Å². The number of hydrogen-bond acceptors (Lipinski definition) is 4. The van der Waals surface area contributed by atoms with Crippen molar-refractivity contribution in [2.45, 2.75) is 58.8 Å². The zero-order chi connectivity index (χ0) is 25.4. The first-order chi connectivity index (χ1) is 15.8. The van der Waals surface area contributed by atoms with Gasteiger partial charge >= 0.3 is 6.18 Å². The van der Waals surface area contributed by atoms with Gasteiger partial charge in [0.15, 0.2) is 5.78 Å². The molecule has 0 bridgehead atoms. The maximum absolute atomic E-state index is 13.0. The van der Waals surface area contributed by atoms with Gasteiger partial charge in [-0.25, -0.2) is 0 Å². The Bertz CT molecular complexity index is 1160. The number of aromatic nitrogens is 1. The molecule has 34 heavy (non-hydrogen) atoms. The monoisotopic (exact) mass is 474 g/mol. The first-order valence-corrected chi connectivity index (χ1v) is 11.0. The van der Waals surface area contributed by atoms with Crippen molar-refractivity contribution in [1.29, 1.82) is 5.41 Å². The Labute approximate surface area is 196 Å². The van der Waals surface area contributed by atoms with Crippen LogP contribution >= 0.6 is 0 Å². The van der Waals surface area contributed by atoms with Crippen LogP contribution in [0.2, 0.25) is 0 Å². The van der Waals surface area contributed by atoms with Crippen LogP contribution in [0.25, 0.3) is 0 Å². The van der Waals surface area contributed by atoms with Crippen molar-refractivity contribution in [2.75, 3.05) is 6.54 Å². The van der Waals surface area contributed by atoms with E-state index in [4.69, 9.17) is 11.1 Å². The van der Waals surface area contributed by atoms with Crippen LogP contribution in [0.3, 0.4) is 0 Å². The Kier molecular flexibility index (Phi) is 6.78. The van der Waals surface area contributed by atoms with Gasteiger partial charge in [-0.05, 0) is 31.0 Å². The second-order valence-corrected chi connectivity index (χ2v) is 9.15. The molecule has 0 fully saturated rings. The van der Waals surface area contributed by atoms with Crippen LogP contribution in [0.5, 0.6) is 0 Å². The molecule has 1 aromatic heterocycles. The van der Waals surface area contributed by atoms with E-state index in [1.54, 1.807) is 4.90 Å². The van der Waals surface area contributed by atoms with E-state index in [0.29, 0.717) is 30.6 Å². The minimum atomic E-state index is -4.41. The van der Waals surface area contributed by atoms with Gasteiger partial charge in [-0.2, -0.15) is 13.2 Å². The summed E-state index contributed by atoms with van der Waals surface area (Å²) in [7, 11) is 0. The number of benzene rings is 1. The van der Waals surface area contributed by atoms with Gasteiger partial charge in [-0.1, -0.05) is 32.9 Å². The van der Waals surface area contributed by atoms with Crippen LogP contribution in [0.15, 0.2) is 36.0 Å². The molecule has 0 atom stereocenters. The molecule has 0 unspecified atom stereocenters. The molecule has 0 saturated heterocycles. The highest BCUT2D eigenvalue weighted by atomic mass is 19.4. The fraction of sp³-hybridized carbons (Fsp3) is 0.400. The number of alkyl halides is 3. The molecule has 0 saturated carbocycles. The Morgan fingerprint density at radius 1 is 1.21 bits per heavy atom. The van der Waals surface area contributed by atoms with E-state index < -0.39 is 17.2 Å². The number of nitrogens with one attached hydrogen (secondary N) is 1. The van der Waals surface area contributed by atoms with E-state index >= 15 is 0 Å². The number of carbonyl (C=O) groups excluding carboxylic acids is 2. The second-order valence-electron chi connectivity index (χ2n) is 9.15. The molecule has 0 radical (unpaired) electrons. The summed E-state index contributed by atoms with van der Waals surface area (Å²) in [5.41, 5.74) is 7.95. The van der Waals surface area contributed by atoms with Gasteiger partial charge < -0.3 is 20.6 Å². The SMILES string of the molecule is CCc1c(C(C)=O)c2c(n1Cc1ccc(C(F)(F)F)cc1)C(C)(C)CN(C(=O)/C(C=N)=C/N)C2. The Hall–Kier alpha value is -3.36. The van der Waals surface area contributed by atoms with Gasteiger partial charge in [0.1, 0.15) is 0 Å². The molecule has 3 rings (SSSR count).